The van der Waals surface area contributed by atoms with E-state index in [-0.39, 0.29) is 13.2 Å². The first-order chi connectivity index (χ1) is 10.3. The van der Waals surface area contributed by atoms with Crippen molar-refractivity contribution in [2.75, 3.05) is 31.6 Å². The first-order valence-corrected chi connectivity index (χ1v) is 8.31. The molecule has 2 aromatic heterocycles. The highest BCUT2D eigenvalue weighted by molar-refractivity contribution is 7.14. The van der Waals surface area contributed by atoms with Crippen LogP contribution >= 0.6 is 22.7 Å². The number of rotatable bonds is 5. The van der Waals surface area contributed by atoms with Gasteiger partial charge in [-0.15, -0.1) is 11.3 Å². The number of hydrogen-bond donors (Lipinski definition) is 3. The van der Waals surface area contributed by atoms with Gasteiger partial charge in [0.2, 0.25) is 0 Å². The minimum absolute atomic E-state index is 0.0191. The maximum atomic E-state index is 8.73. The number of nitrogens with one attached hydrogen (secondary N) is 2. The van der Waals surface area contributed by atoms with Crippen molar-refractivity contribution in [3.8, 4) is 16.6 Å². The Kier molecular flexibility index (Phi) is 4.63. The van der Waals surface area contributed by atoms with Gasteiger partial charge in [0.1, 0.15) is 18.0 Å². The highest BCUT2D eigenvalue weighted by Crippen LogP contribution is 2.29. The van der Waals surface area contributed by atoms with Crippen LogP contribution < -0.4 is 15.4 Å². The van der Waals surface area contributed by atoms with E-state index in [0.717, 1.165) is 42.0 Å². The van der Waals surface area contributed by atoms with Crippen LogP contribution in [0.3, 0.4) is 0 Å². The quantitative estimate of drug-likeness (QED) is 0.770. The Hall–Kier alpha value is -1.71. The van der Waals surface area contributed by atoms with Crippen molar-refractivity contribution in [1.82, 2.24) is 15.3 Å². The fraction of sp³-hybridized carbons (Fsp3) is 0.417. The smallest absolute Gasteiger partial charge is 0.273 e. The predicted octanol–water partition coefficient (Wildman–Crippen LogP) is 1.40. The molecule has 0 radical (unpaired) electrons. The van der Waals surface area contributed by atoms with E-state index in [9.17, 15) is 0 Å². The second kappa shape index (κ2) is 6.83. The Bertz CT molecular complexity index is 625. The summed E-state index contributed by atoms with van der Waals surface area (Å²) in [4.78, 5) is 13.2. The van der Waals surface area contributed by atoms with Crippen molar-refractivity contribution in [2.45, 2.75) is 6.42 Å². The molecule has 0 aromatic carbocycles. The third-order valence-corrected chi connectivity index (χ3v) is 4.20. The Morgan fingerprint density at radius 2 is 2.14 bits per heavy atom. The summed E-state index contributed by atoms with van der Waals surface area (Å²) in [7, 11) is 0. The third-order valence-electron chi connectivity index (χ3n) is 2.69. The molecule has 7 nitrogen and oxygen atoms in total. The highest BCUT2D eigenvalue weighted by atomic mass is 32.1. The third kappa shape index (κ3) is 3.69. The summed E-state index contributed by atoms with van der Waals surface area (Å²) in [6, 6.07) is 0. The molecule has 3 rings (SSSR count). The maximum Gasteiger partial charge on any atom is 0.273 e. The SMILES string of the molecule is OCCOc1nc(-c2csc(NC3=NCCCN3)n2)cs1. The standard InChI is InChI=1S/C12H15N5O2S2/c18-4-5-19-12-16-9(7-21-12)8-6-20-11(15-8)17-10-13-2-1-3-14-10/h6-7,18H,1-5H2,(H2,13,14,15,17). The van der Waals surface area contributed by atoms with Crippen LogP contribution in [0, 0.1) is 0 Å². The topological polar surface area (TPSA) is 91.7 Å². The zero-order valence-electron chi connectivity index (χ0n) is 11.2. The summed E-state index contributed by atoms with van der Waals surface area (Å²) < 4.78 is 5.27. The van der Waals surface area contributed by atoms with E-state index < -0.39 is 0 Å². The van der Waals surface area contributed by atoms with Crippen molar-refractivity contribution in [1.29, 1.82) is 0 Å². The Balaban J connectivity index is 1.66. The first-order valence-electron chi connectivity index (χ1n) is 6.55. The van der Waals surface area contributed by atoms with E-state index in [1.54, 1.807) is 0 Å². The lowest BCUT2D eigenvalue weighted by molar-refractivity contribution is 0.201. The number of aliphatic hydroxyl groups excluding tert-OH is 1. The Morgan fingerprint density at radius 1 is 1.29 bits per heavy atom. The van der Waals surface area contributed by atoms with Gasteiger partial charge in [-0.3, -0.25) is 4.99 Å². The van der Waals surface area contributed by atoms with Crippen LogP contribution in [0.25, 0.3) is 11.4 Å². The van der Waals surface area contributed by atoms with Crippen LogP contribution in [-0.2, 0) is 0 Å². The molecule has 0 amide bonds. The summed E-state index contributed by atoms with van der Waals surface area (Å²) in [6.45, 7) is 2.00. The number of anilines is 1. The monoisotopic (exact) mass is 325 g/mol. The Morgan fingerprint density at radius 3 is 2.95 bits per heavy atom. The molecule has 3 heterocycles. The summed E-state index contributed by atoms with van der Waals surface area (Å²) >= 11 is 2.90. The fourth-order valence-corrected chi connectivity index (χ4v) is 3.13. The molecule has 0 aliphatic carbocycles. The molecule has 2 aromatic rings. The number of hydrogen-bond acceptors (Lipinski definition) is 9. The average molecular weight is 325 g/mol. The highest BCUT2D eigenvalue weighted by Gasteiger charge is 2.11. The van der Waals surface area contributed by atoms with Crippen molar-refractivity contribution in [3.05, 3.63) is 10.8 Å². The van der Waals surface area contributed by atoms with Gasteiger partial charge in [-0.25, -0.2) is 9.97 Å². The van der Waals surface area contributed by atoms with Gasteiger partial charge in [-0.05, 0) is 6.42 Å². The molecule has 3 N–H and O–H groups in total. The zero-order valence-corrected chi connectivity index (χ0v) is 12.8. The van der Waals surface area contributed by atoms with Crippen LogP contribution in [0.1, 0.15) is 6.42 Å². The summed E-state index contributed by atoms with van der Waals surface area (Å²) in [6.07, 6.45) is 1.06. The van der Waals surface area contributed by atoms with Gasteiger partial charge in [0.05, 0.1) is 6.61 Å². The number of thiazole rings is 2. The molecular weight excluding hydrogens is 310 g/mol. The van der Waals surface area contributed by atoms with Crippen LogP contribution in [0.5, 0.6) is 5.19 Å². The Labute approximate surface area is 129 Å². The van der Waals surface area contributed by atoms with Gasteiger partial charge < -0.3 is 20.5 Å². The average Bonchev–Trinajstić information content (AvgIpc) is 3.15. The normalized spacial score (nSPS) is 14.4. The second-order valence-electron chi connectivity index (χ2n) is 4.24. The summed E-state index contributed by atoms with van der Waals surface area (Å²) in [5.41, 5.74) is 1.57. The number of aliphatic imine (C=N–C) groups is 1. The molecule has 1 aliphatic heterocycles. The molecule has 0 fully saturated rings. The van der Waals surface area contributed by atoms with E-state index in [2.05, 4.69) is 25.6 Å². The zero-order chi connectivity index (χ0) is 14.5. The molecule has 112 valence electrons. The molecule has 0 atom stereocenters. The van der Waals surface area contributed by atoms with Crippen LogP contribution in [-0.4, -0.2) is 47.3 Å². The number of guanidine groups is 1. The molecule has 0 saturated heterocycles. The lowest BCUT2D eigenvalue weighted by atomic mass is 10.4. The molecule has 0 unspecified atom stereocenters. The number of aromatic nitrogens is 2. The van der Waals surface area contributed by atoms with E-state index in [0.29, 0.717) is 5.19 Å². The predicted molar refractivity (Wildman–Crippen MR) is 84.3 cm³/mol. The fourth-order valence-electron chi connectivity index (χ4n) is 1.74. The van der Waals surface area contributed by atoms with Crippen molar-refractivity contribution >= 4 is 33.8 Å². The van der Waals surface area contributed by atoms with Crippen molar-refractivity contribution in [3.63, 3.8) is 0 Å². The van der Waals surface area contributed by atoms with Gasteiger partial charge in [-0.1, -0.05) is 11.3 Å². The number of ether oxygens (including phenoxy) is 1. The molecule has 0 saturated carbocycles. The molecule has 9 heteroatoms. The largest absolute Gasteiger partial charge is 0.468 e. The van der Waals surface area contributed by atoms with Crippen LogP contribution in [0.2, 0.25) is 0 Å². The van der Waals surface area contributed by atoms with Crippen LogP contribution in [0.4, 0.5) is 5.13 Å². The molecule has 0 bridgehead atoms. The van der Waals surface area contributed by atoms with E-state index in [1.165, 1.54) is 22.7 Å². The van der Waals surface area contributed by atoms with Gasteiger partial charge in [0, 0.05) is 23.8 Å². The lowest BCUT2D eigenvalue weighted by Crippen LogP contribution is -2.35. The van der Waals surface area contributed by atoms with Gasteiger partial charge in [-0.2, -0.15) is 0 Å². The first kappa shape index (κ1) is 14.2. The van der Waals surface area contributed by atoms with Crippen molar-refractivity contribution in [2.24, 2.45) is 4.99 Å². The summed E-state index contributed by atoms with van der Waals surface area (Å²) in [5.74, 6) is 0.771. The molecule has 0 spiro atoms. The molecule has 21 heavy (non-hydrogen) atoms. The van der Waals surface area contributed by atoms with Gasteiger partial charge in [0.15, 0.2) is 11.1 Å². The minimum Gasteiger partial charge on any atom is -0.468 e. The lowest BCUT2D eigenvalue weighted by Gasteiger charge is -2.13. The van der Waals surface area contributed by atoms with E-state index in [1.807, 2.05) is 10.8 Å². The van der Waals surface area contributed by atoms with Crippen LogP contribution in [0.15, 0.2) is 15.8 Å². The molecule has 1 aliphatic rings. The number of nitrogens with zero attached hydrogens (tertiary/aromatic N) is 3. The number of aliphatic hydroxyl groups is 1. The van der Waals surface area contributed by atoms with Gasteiger partial charge >= 0.3 is 0 Å². The summed E-state index contributed by atoms with van der Waals surface area (Å²) in [5, 5.41) is 20.2. The minimum atomic E-state index is -0.0191. The van der Waals surface area contributed by atoms with Crippen molar-refractivity contribution < 1.29 is 9.84 Å². The van der Waals surface area contributed by atoms with Gasteiger partial charge in [0.25, 0.3) is 5.19 Å². The van der Waals surface area contributed by atoms with E-state index >= 15 is 0 Å². The second-order valence-corrected chi connectivity index (χ2v) is 5.92. The maximum absolute atomic E-state index is 8.73. The van der Waals surface area contributed by atoms with E-state index in [4.69, 9.17) is 9.84 Å². The molecular formula is C12H15N5O2S2.